The van der Waals surface area contributed by atoms with Gasteiger partial charge in [0.25, 0.3) is 0 Å². The second-order valence-electron chi connectivity index (χ2n) is 4.11. The van der Waals surface area contributed by atoms with Crippen LogP contribution in [-0.2, 0) is 0 Å². The van der Waals surface area contributed by atoms with E-state index in [1.165, 1.54) is 32.6 Å². The maximum Gasteiger partial charge on any atom is 0.0112 e. The van der Waals surface area contributed by atoms with E-state index in [2.05, 4.69) is 23.6 Å². The molecule has 0 atom stereocenters. The lowest BCUT2D eigenvalue weighted by molar-refractivity contribution is 0.221. The van der Waals surface area contributed by atoms with Crippen LogP contribution in [0.1, 0.15) is 20.3 Å². The van der Waals surface area contributed by atoms with Crippen molar-refractivity contribution in [1.29, 1.82) is 0 Å². The molecule has 1 heterocycles. The van der Waals surface area contributed by atoms with Crippen molar-refractivity contribution in [2.24, 2.45) is 5.73 Å². The first-order valence-electron chi connectivity index (χ1n) is 5.40. The molecule has 1 rings (SSSR count). The first kappa shape index (κ1) is 11.0. The monoisotopic (exact) mass is 185 g/mol. The third-order valence-electron chi connectivity index (χ3n) is 2.80. The molecular formula is C10H23N3. The summed E-state index contributed by atoms with van der Waals surface area (Å²) in [5.41, 5.74) is 5.55. The summed E-state index contributed by atoms with van der Waals surface area (Å²) in [5, 5.41) is 0. The Morgan fingerprint density at radius 3 is 2.54 bits per heavy atom. The highest BCUT2D eigenvalue weighted by atomic mass is 15.2. The molecule has 0 bridgehead atoms. The molecule has 0 aromatic heterocycles. The predicted molar refractivity (Wildman–Crippen MR) is 56.8 cm³/mol. The summed E-state index contributed by atoms with van der Waals surface area (Å²) in [5.74, 6) is 0. The van der Waals surface area contributed by atoms with Crippen LogP contribution in [0.25, 0.3) is 0 Å². The zero-order valence-electron chi connectivity index (χ0n) is 9.00. The van der Waals surface area contributed by atoms with E-state index in [1.54, 1.807) is 0 Å². The van der Waals surface area contributed by atoms with E-state index in [9.17, 15) is 0 Å². The molecule has 3 nitrogen and oxygen atoms in total. The van der Waals surface area contributed by atoms with Crippen molar-refractivity contribution in [1.82, 2.24) is 9.80 Å². The highest BCUT2D eigenvalue weighted by molar-refractivity contribution is 4.71. The Bertz CT molecular complexity index is 136. The fourth-order valence-electron chi connectivity index (χ4n) is 1.91. The Morgan fingerprint density at radius 2 is 1.92 bits per heavy atom. The molecule has 0 radical (unpaired) electrons. The molecule has 0 aromatic rings. The van der Waals surface area contributed by atoms with Gasteiger partial charge in [-0.2, -0.15) is 0 Å². The van der Waals surface area contributed by atoms with Crippen LogP contribution in [0, 0.1) is 0 Å². The summed E-state index contributed by atoms with van der Waals surface area (Å²) in [4.78, 5) is 5.03. The molecule has 0 aliphatic carbocycles. The van der Waals surface area contributed by atoms with Crippen LogP contribution in [0.2, 0.25) is 0 Å². The molecule has 13 heavy (non-hydrogen) atoms. The Labute approximate surface area is 81.9 Å². The van der Waals surface area contributed by atoms with Crippen molar-refractivity contribution < 1.29 is 0 Å². The van der Waals surface area contributed by atoms with Crippen LogP contribution in [0.5, 0.6) is 0 Å². The third-order valence-corrected chi connectivity index (χ3v) is 2.80. The molecule has 1 saturated heterocycles. The summed E-state index contributed by atoms with van der Waals surface area (Å²) >= 11 is 0. The topological polar surface area (TPSA) is 32.5 Å². The van der Waals surface area contributed by atoms with E-state index in [0.29, 0.717) is 6.04 Å². The van der Waals surface area contributed by atoms with Crippen LogP contribution in [0.3, 0.4) is 0 Å². The van der Waals surface area contributed by atoms with Crippen LogP contribution < -0.4 is 5.73 Å². The van der Waals surface area contributed by atoms with Gasteiger partial charge >= 0.3 is 0 Å². The number of nitrogens with zero attached hydrogens (tertiary/aromatic N) is 2. The lowest BCUT2D eigenvalue weighted by Crippen LogP contribution is -2.36. The minimum atomic E-state index is 0.692. The van der Waals surface area contributed by atoms with Gasteiger partial charge in [0.15, 0.2) is 0 Å². The van der Waals surface area contributed by atoms with Crippen molar-refractivity contribution in [3.8, 4) is 0 Å². The summed E-state index contributed by atoms with van der Waals surface area (Å²) in [6.07, 6.45) is 1.29. The smallest absolute Gasteiger partial charge is 0.0112 e. The van der Waals surface area contributed by atoms with Gasteiger partial charge in [0, 0.05) is 32.2 Å². The van der Waals surface area contributed by atoms with E-state index in [-0.39, 0.29) is 0 Å². The van der Waals surface area contributed by atoms with Crippen LogP contribution in [-0.4, -0.2) is 55.1 Å². The maximum atomic E-state index is 5.55. The van der Waals surface area contributed by atoms with E-state index >= 15 is 0 Å². The highest BCUT2D eigenvalue weighted by Crippen LogP contribution is 2.05. The van der Waals surface area contributed by atoms with E-state index < -0.39 is 0 Å². The molecule has 1 fully saturated rings. The first-order chi connectivity index (χ1) is 6.24. The van der Waals surface area contributed by atoms with Crippen LogP contribution >= 0.6 is 0 Å². The van der Waals surface area contributed by atoms with Gasteiger partial charge in [0.1, 0.15) is 0 Å². The summed E-state index contributed by atoms with van der Waals surface area (Å²) in [6, 6.07) is 0.692. The highest BCUT2D eigenvalue weighted by Gasteiger charge is 2.15. The fourth-order valence-corrected chi connectivity index (χ4v) is 1.91. The van der Waals surface area contributed by atoms with Gasteiger partial charge in [-0.05, 0) is 33.4 Å². The van der Waals surface area contributed by atoms with Gasteiger partial charge in [-0.25, -0.2) is 0 Å². The van der Waals surface area contributed by atoms with E-state index in [1.807, 2.05) is 0 Å². The first-order valence-corrected chi connectivity index (χ1v) is 5.40. The average molecular weight is 185 g/mol. The van der Waals surface area contributed by atoms with Crippen LogP contribution in [0.15, 0.2) is 0 Å². The van der Waals surface area contributed by atoms with Crippen molar-refractivity contribution in [2.45, 2.75) is 26.3 Å². The molecule has 2 N–H and O–H groups in total. The molecule has 0 saturated carbocycles. The van der Waals surface area contributed by atoms with Crippen molar-refractivity contribution in [3.63, 3.8) is 0 Å². The molecule has 3 heteroatoms. The molecular weight excluding hydrogens is 162 g/mol. The van der Waals surface area contributed by atoms with Gasteiger partial charge in [-0.3, -0.25) is 4.90 Å². The number of rotatable bonds is 3. The fraction of sp³-hybridized carbons (Fsp3) is 1.00. The second kappa shape index (κ2) is 5.58. The summed E-state index contributed by atoms with van der Waals surface area (Å²) in [6.45, 7) is 11.3. The summed E-state index contributed by atoms with van der Waals surface area (Å²) in [7, 11) is 0. The van der Waals surface area contributed by atoms with Gasteiger partial charge in [0.05, 0.1) is 0 Å². The lowest BCUT2D eigenvalue weighted by atomic mass is 10.3. The third kappa shape index (κ3) is 3.63. The predicted octanol–water partition coefficient (Wildman–Crippen LogP) is 0.361. The van der Waals surface area contributed by atoms with Gasteiger partial charge in [0.2, 0.25) is 0 Å². The quantitative estimate of drug-likeness (QED) is 0.689. The van der Waals surface area contributed by atoms with Crippen molar-refractivity contribution in [3.05, 3.63) is 0 Å². The van der Waals surface area contributed by atoms with Crippen LogP contribution in [0.4, 0.5) is 0 Å². The number of hydrogen-bond donors (Lipinski definition) is 1. The lowest BCUT2D eigenvalue weighted by Gasteiger charge is -2.24. The number of hydrogen-bond acceptors (Lipinski definition) is 3. The Hall–Kier alpha value is -0.120. The molecule has 0 aromatic carbocycles. The Morgan fingerprint density at radius 1 is 1.15 bits per heavy atom. The normalized spacial score (nSPS) is 22.2. The molecule has 0 spiro atoms. The maximum absolute atomic E-state index is 5.55. The average Bonchev–Trinajstić information content (AvgIpc) is 2.30. The van der Waals surface area contributed by atoms with E-state index in [4.69, 9.17) is 5.73 Å². The minimum absolute atomic E-state index is 0.692. The zero-order valence-corrected chi connectivity index (χ0v) is 9.00. The SMILES string of the molecule is CC(C)N1CCCN(CCN)CC1. The zero-order chi connectivity index (χ0) is 9.68. The van der Waals surface area contributed by atoms with Crippen molar-refractivity contribution >= 4 is 0 Å². The molecule has 1 aliphatic rings. The van der Waals surface area contributed by atoms with E-state index in [0.717, 1.165) is 13.1 Å². The molecule has 0 amide bonds. The van der Waals surface area contributed by atoms with Gasteiger partial charge in [-0.15, -0.1) is 0 Å². The minimum Gasteiger partial charge on any atom is -0.329 e. The summed E-state index contributed by atoms with van der Waals surface area (Å²) < 4.78 is 0. The molecule has 0 unspecified atom stereocenters. The Kier molecular flexibility index (Phi) is 4.70. The molecule has 1 aliphatic heterocycles. The second-order valence-corrected chi connectivity index (χ2v) is 4.11. The largest absolute Gasteiger partial charge is 0.329 e. The molecule has 78 valence electrons. The van der Waals surface area contributed by atoms with Gasteiger partial charge in [-0.1, -0.05) is 0 Å². The standard InChI is InChI=1S/C10H23N3/c1-10(2)13-6-3-5-12(7-4-11)8-9-13/h10H,3-9,11H2,1-2H3. The Balaban J connectivity index is 2.30. The van der Waals surface area contributed by atoms with Gasteiger partial charge < -0.3 is 10.6 Å². The van der Waals surface area contributed by atoms with Crippen molar-refractivity contribution in [2.75, 3.05) is 39.3 Å². The number of nitrogens with two attached hydrogens (primary N) is 1.